The summed E-state index contributed by atoms with van der Waals surface area (Å²) >= 11 is 1.27. The number of benzene rings is 2. The van der Waals surface area contributed by atoms with Crippen molar-refractivity contribution in [3.63, 3.8) is 0 Å². The first-order valence-electron chi connectivity index (χ1n) is 11.0. The van der Waals surface area contributed by atoms with E-state index < -0.39 is 12.0 Å². The number of nitrogens with zero attached hydrogens (tertiary/aromatic N) is 2. The first-order chi connectivity index (χ1) is 16.5. The van der Waals surface area contributed by atoms with Crippen LogP contribution in [0.1, 0.15) is 37.9 Å². The number of thiazole rings is 1. The molecule has 2 aromatic carbocycles. The Balaban J connectivity index is 1.95. The summed E-state index contributed by atoms with van der Waals surface area (Å²) in [7, 11) is 1.58. The summed E-state index contributed by atoms with van der Waals surface area (Å²) in [5, 5.41) is 0. The van der Waals surface area contributed by atoms with Gasteiger partial charge in [-0.15, -0.1) is 0 Å². The van der Waals surface area contributed by atoms with Gasteiger partial charge in [0.25, 0.3) is 5.56 Å². The summed E-state index contributed by atoms with van der Waals surface area (Å²) in [5.74, 6) is 0.686. The van der Waals surface area contributed by atoms with Crippen LogP contribution in [0.2, 0.25) is 0 Å². The number of methoxy groups -OCH3 is 1. The van der Waals surface area contributed by atoms with Crippen molar-refractivity contribution in [1.29, 1.82) is 0 Å². The summed E-state index contributed by atoms with van der Waals surface area (Å²) in [5.41, 5.74) is 2.20. The van der Waals surface area contributed by atoms with Crippen LogP contribution in [0, 0.1) is 0 Å². The highest BCUT2D eigenvalue weighted by Crippen LogP contribution is 2.32. The molecule has 0 radical (unpaired) electrons. The number of para-hydroxylation sites is 1. The zero-order valence-electron chi connectivity index (χ0n) is 19.5. The van der Waals surface area contributed by atoms with Crippen molar-refractivity contribution in [2.75, 3.05) is 20.3 Å². The molecular formula is C26H26N2O5S. The maximum Gasteiger partial charge on any atom is 0.338 e. The topological polar surface area (TPSA) is 79.1 Å². The first kappa shape index (κ1) is 23.5. The predicted molar refractivity (Wildman–Crippen MR) is 131 cm³/mol. The molecule has 7 nitrogen and oxygen atoms in total. The molecule has 0 spiro atoms. The van der Waals surface area contributed by atoms with Crippen LogP contribution in [0.3, 0.4) is 0 Å². The Morgan fingerprint density at radius 1 is 1.12 bits per heavy atom. The largest absolute Gasteiger partial charge is 0.493 e. The van der Waals surface area contributed by atoms with Gasteiger partial charge in [-0.1, -0.05) is 53.8 Å². The highest BCUT2D eigenvalue weighted by molar-refractivity contribution is 7.07. The van der Waals surface area contributed by atoms with Gasteiger partial charge in [-0.3, -0.25) is 9.36 Å². The van der Waals surface area contributed by atoms with Crippen LogP contribution >= 0.6 is 11.3 Å². The molecule has 0 saturated heterocycles. The molecule has 0 bridgehead atoms. The number of ether oxygens (including phenoxy) is 3. The van der Waals surface area contributed by atoms with Gasteiger partial charge in [-0.2, -0.15) is 0 Å². The fraction of sp³-hybridized carbons (Fsp3) is 0.269. The molecule has 0 amide bonds. The zero-order chi connectivity index (χ0) is 24.2. The van der Waals surface area contributed by atoms with Crippen molar-refractivity contribution >= 4 is 23.4 Å². The van der Waals surface area contributed by atoms with Crippen molar-refractivity contribution in [3.05, 3.63) is 90.6 Å². The summed E-state index contributed by atoms with van der Waals surface area (Å²) in [4.78, 5) is 31.7. The number of fused-ring (bicyclic) bond motifs is 1. The Labute approximate surface area is 201 Å². The van der Waals surface area contributed by atoms with E-state index in [2.05, 4.69) is 4.99 Å². The maximum atomic E-state index is 13.7. The SMILES string of the molecule is CCOC(=O)C1=C(C)N=c2s/c(=C\c3cccc(OC)c3OCC)c(=O)n2[C@H]1c1ccccc1. The van der Waals surface area contributed by atoms with Crippen LogP contribution in [0.5, 0.6) is 11.5 Å². The Hall–Kier alpha value is -3.65. The van der Waals surface area contributed by atoms with Crippen LogP contribution in [-0.2, 0) is 9.53 Å². The van der Waals surface area contributed by atoms with Crippen LogP contribution < -0.4 is 24.4 Å². The second kappa shape index (κ2) is 10.1. The number of esters is 1. The normalized spacial score (nSPS) is 15.5. The van der Waals surface area contributed by atoms with Gasteiger partial charge in [-0.05, 0) is 38.5 Å². The molecule has 2 heterocycles. The Bertz CT molecular complexity index is 1420. The summed E-state index contributed by atoms with van der Waals surface area (Å²) in [6, 6.07) is 14.4. The Kier molecular flexibility index (Phi) is 6.98. The molecule has 1 atom stereocenters. The Morgan fingerprint density at radius 3 is 2.56 bits per heavy atom. The molecule has 0 unspecified atom stereocenters. The molecule has 1 aliphatic heterocycles. The number of allylic oxidation sites excluding steroid dienone is 1. The molecule has 3 aromatic rings. The van der Waals surface area contributed by atoms with Gasteiger partial charge in [0.1, 0.15) is 0 Å². The molecule has 0 aliphatic carbocycles. The van der Waals surface area contributed by atoms with Crippen LogP contribution in [0.25, 0.3) is 6.08 Å². The predicted octanol–water partition coefficient (Wildman–Crippen LogP) is 3.21. The highest BCUT2D eigenvalue weighted by Gasteiger charge is 2.33. The van der Waals surface area contributed by atoms with Gasteiger partial charge >= 0.3 is 5.97 Å². The molecule has 8 heteroatoms. The second-order valence-electron chi connectivity index (χ2n) is 7.52. The van der Waals surface area contributed by atoms with E-state index in [1.807, 2.05) is 55.5 Å². The quantitative estimate of drug-likeness (QED) is 0.488. The third kappa shape index (κ3) is 4.28. The number of hydrogen-bond donors (Lipinski definition) is 0. The van der Waals surface area contributed by atoms with E-state index in [0.29, 0.717) is 38.7 Å². The lowest BCUT2D eigenvalue weighted by atomic mass is 9.96. The minimum absolute atomic E-state index is 0.234. The van der Waals surface area contributed by atoms with Gasteiger partial charge < -0.3 is 14.2 Å². The van der Waals surface area contributed by atoms with Gasteiger partial charge in [0.05, 0.1) is 42.2 Å². The van der Waals surface area contributed by atoms with Crippen LogP contribution in [-0.4, -0.2) is 30.9 Å². The van der Waals surface area contributed by atoms with Crippen molar-refractivity contribution in [2.45, 2.75) is 26.8 Å². The lowest BCUT2D eigenvalue weighted by molar-refractivity contribution is -0.139. The van der Waals surface area contributed by atoms with Crippen molar-refractivity contribution in [1.82, 2.24) is 4.57 Å². The molecular weight excluding hydrogens is 452 g/mol. The van der Waals surface area contributed by atoms with E-state index in [-0.39, 0.29) is 12.2 Å². The van der Waals surface area contributed by atoms with E-state index in [0.717, 1.165) is 11.1 Å². The standard InChI is InChI=1S/C26H26N2O5S/c1-5-32-23-18(13-10-14-19(23)31-4)15-20-24(29)28-22(17-11-8-7-9-12-17)21(25(30)33-6-2)16(3)27-26(28)34-20/h7-15,22H,5-6H2,1-4H3/b20-15-/t22-/m0/s1. The van der Waals surface area contributed by atoms with E-state index in [4.69, 9.17) is 14.2 Å². The van der Waals surface area contributed by atoms with Gasteiger partial charge in [0.15, 0.2) is 16.3 Å². The monoisotopic (exact) mass is 478 g/mol. The maximum absolute atomic E-state index is 13.7. The van der Waals surface area contributed by atoms with E-state index in [1.165, 1.54) is 11.3 Å². The number of aromatic nitrogens is 1. The molecule has 1 aromatic heterocycles. The Morgan fingerprint density at radius 2 is 1.88 bits per heavy atom. The van der Waals surface area contributed by atoms with Crippen LogP contribution in [0.15, 0.2) is 69.6 Å². The minimum Gasteiger partial charge on any atom is -0.493 e. The average Bonchev–Trinajstić information content (AvgIpc) is 3.14. The van der Waals surface area contributed by atoms with E-state index in [9.17, 15) is 9.59 Å². The smallest absolute Gasteiger partial charge is 0.338 e. The summed E-state index contributed by atoms with van der Waals surface area (Å²) in [6.07, 6.45) is 1.78. The second-order valence-corrected chi connectivity index (χ2v) is 8.53. The minimum atomic E-state index is -0.629. The van der Waals surface area contributed by atoms with Gasteiger partial charge in [0, 0.05) is 5.56 Å². The summed E-state index contributed by atoms with van der Waals surface area (Å²) < 4.78 is 18.6. The van der Waals surface area contributed by atoms with Gasteiger partial charge in [0.2, 0.25) is 0 Å². The number of hydrogen-bond acceptors (Lipinski definition) is 7. The molecule has 4 rings (SSSR count). The molecule has 1 aliphatic rings. The summed E-state index contributed by atoms with van der Waals surface area (Å²) in [6.45, 7) is 6.11. The number of carbonyl (C=O) groups is 1. The lowest BCUT2D eigenvalue weighted by Gasteiger charge is -2.24. The molecule has 176 valence electrons. The first-order valence-corrected chi connectivity index (χ1v) is 11.9. The van der Waals surface area contributed by atoms with Crippen molar-refractivity contribution in [2.24, 2.45) is 4.99 Å². The fourth-order valence-corrected chi connectivity index (χ4v) is 5.03. The van der Waals surface area contributed by atoms with E-state index >= 15 is 0 Å². The van der Waals surface area contributed by atoms with Crippen molar-refractivity contribution < 1.29 is 19.0 Å². The molecule has 0 N–H and O–H groups in total. The fourth-order valence-electron chi connectivity index (χ4n) is 3.99. The average molecular weight is 479 g/mol. The zero-order valence-corrected chi connectivity index (χ0v) is 20.3. The van der Waals surface area contributed by atoms with Crippen LogP contribution in [0.4, 0.5) is 0 Å². The van der Waals surface area contributed by atoms with Gasteiger partial charge in [-0.25, -0.2) is 9.79 Å². The van der Waals surface area contributed by atoms with Crippen molar-refractivity contribution in [3.8, 4) is 11.5 Å². The molecule has 0 saturated carbocycles. The van der Waals surface area contributed by atoms with E-state index in [1.54, 1.807) is 31.6 Å². The lowest BCUT2D eigenvalue weighted by Crippen LogP contribution is -2.39. The number of rotatable bonds is 7. The third-order valence-corrected chi connectivity index (χ3v) is 6.42. The molecule has 34 heavy (non-hydrogen) atoms. The third-order valence-electron chi connectivity index (χ3n) is 5.44. The molecule has 0 fully saturated rings. The number of carbonyl (C=O) groups excluding carboxylic acids is 1. The highest BCUT2D eigenvalue weighted by atomic mass is 32.1.